The van der Waals surface area contributed by atoms with Gasteiger partial charge in [0.05, 0.1) is 0 Å². The molecule has 1 atom stereocenters. The molecule has 6 heteroatoms. The van der Waals surface area contributed by atoms with Crippen molar-refractivity contribution in [2.45, 2.75) is 13.0 Å². The van der Waals surface area contributed by atoms with E-state index < -0.39 is 23.9 Å². The molecule has 124 valence electrons. The standard InChI is InChI=1S/C18H18N2O4/c1-12-6-5-9-14(10-12)18(23)20-11-15(21)24-16(17(19)22)13-7-3-2-4-8-13/h2-10,16H,11H2,1H3,(H2,19,22)(H,20,23). The van der Waals surface area contributed by atoms with Gasteiger partial charge in [0.25, 0.3) is 11.8 Å². The highest BCUT2D eigenvalue weighted by Crippen LogP contribution is 2.16. The third-order valence-corrected chi connectivity index (χ3v) is 3.28. The molecule has 0 saturated heterocycles. The summed E-state index contributed by atoms with van der Waals surface area (Å²) in [4.78, 5) is 35.4. The highest BCUT2D eigenvalue weighted by Gasteiger charge is 2.22. The molecule has 2 amide bonds. The van der Waals surface area contributed by atoms with Gasteiger partial charge in [-0.3, -0.25) is 14.4 Å². The van der Waals surface area contributed by atoms with Crippen LogP contribution in [0.15, 0.2) is 54.6 Å². The zero-order valence-corrected chi connectivity index (χ0v) is 13.2. The average Bonchev–Trinajstić information content (AvgIpc) is 2.58. The summed E-state index contributed by atoms with van der Waals surface area (Å²) >= 11 is 0. The first-order chi connectivity index (χ1) is 11.5. The lowest BCUT2D eigenvalue weighted by molar-refractivity contribution is -0.154. The number of ether oxygens (including phenoxy) is 1. The second-order valence-electron chi connectivity index (χ2n) is 5.24. The number of carbonyl (C=O) groups is 3. The van der Waals surface area contributed by atoms with Gasteiger partial charge in [-0.25, -0.2) is 0 Å². The van der Waals surface area contributed by atoms with Crippen LogP contribution >= 0.6 is 0 Å². The Bertz CT molecular complexity index is 744. The van der Waals surface area contributed by atoms with Crippen LogP contribution in [-0.2, 0) is 14.3 Å². The number of carbonyl (C=O) groups excluding carboxylic acids is 3. The lowest BCUT2D eigenvalue weighted by Crippen LogP contribution is -2.33. The molecule has 0 aliphatic heterocycles. The smallest absolute Gasteiger partial charge is 0.326 e. The minimum atomic E-state index is -1.19. The molecule has 1 unspecified atom stereocenters. The minimum absolute atomic E-state index is 0.358. The number of hydrogen-bond acceptors (Lipinski definition) is 4. The zero-order chi connectivity index (χ0) is 17.5. The molecule has 2 aromatic carbocycles. The van der Waals surface area contributed by atoms with Crippen LogP contribution in [0.4, 0.5) is 0 Å². The van der Waals surface area contributed by atoms with Crippen LogP contribution in [0.25, 0.3) is 0 Å². The van der Waals surface area contributed by atoms with Crippen molar-refractivity contribution in [1.29, 1.82) is 0 Å². The molecule has 6 nitrogen and oxygen atoms in total. The summed E-state index contributed by atoms with van der Waals surface area (Å²) in [5.41, 5.74) is 7.13. The topological polar surface area (TPSA) is 98.5 Å². The van der Waals surface area contributed by atoms with Crippen LogP contribution in [0.2, 0.25) is 0 Å². The van der Waals surface area contributed by atoms with Crippen molar-refractivity contribution in [1.82, 2.24) is 5.32 Å². The van der Waals surface area contributed by atoms with Crippen molar-refractivity contribution < 1.29 is 19.1 Å². The van der Waals surface area contributed by atoms with Crippen LogP contribution in [0.3, 0.4) is 0 Å². The first-order valence-electron chi connectivity index (χ1n) is 7.36. The highest BCUT2D eigenvalue weighted by atomic mass is 16.5. The average molecular weight is 326 g/mol. The fraction of sp³-hybridized carbons (Fsp3) is 0.167. The highest BCUT2D eigenvalue weighted by molar-refractivity contribution is 5.96. The maximum absolute atomic E-state index is 12.0. The Morgan fingerprint density at radius 2 is 1.79 bits per heavy atom. The van der Waals surface area contributed by atoms with Crippen molar-refractivity contribution in [3.8, 4) is 0 Å². The summed E-state index contributed by atoms with van der Waals surface area (Å²) in [6.45, 7) is 1.51. The molecule has 0 bridgehead atoms. The van der Waals surface area contributed by atoms with Gasteiger partial charge in [0.15, 0.2) is 0 Å². The van der Waals surface area contributed by atoms with Gasteiger partial charge in [-0.1, -0.05) is 48.0 Å². The summed E-state index contributed by atoms with van der Waals surface area (Å²) in [6, 6.07) is 15.4. The Labute approximate surface area is 139 Å². The van der Waals surface area contributed by atoms with Gasteiger partial charge in [0.1, 0.15) is 6.54 Å². The van der Waals surface area contributed by atoms with E-state index in [0.29, 0.717) is 11.1 Å². The number of benzene rings is 2. The van der Waals surface area contributed by atoms with Gasteiger partial charge in [-0.2, -0.15) is 0 Å². The van der Waals surface area contributed by atoms with E-state index in [1.54, 1.807) is 48.5 Å². The first kappa shape index (κ1) is 17.2. The fourth-order valence-electron chi connectivity index (χ4n) is 2.13. The molecule has 0 aromatic heterocycles. The first-order valence-corrected chi connectivity index (χ1v) is 7.36. The van der Waals surface area contributed by atoms with E-state index in [1.165, 1.54) is 0 Å². The molecule has 3 N–H and O–H groups in total. The quantitative estimate of drug-likeness (QED) is 0.786. The van der Waals surface area contributed by atoms with Crippen molar-refractivity contribution in [3.63, 3.8) is 0 Å². The van der Waals surface area contributed by atoms with Crippen LogP contribution in [0, 0.1) is 6.92 Å². The second-order valence-corrected chi connectivity index (χ2v) is 5.24. The molecule has 2 aromatic rings. The van der Waals surface area contributed by atoms with E-state index in [1.807, 2.05) is 13.0 Å². The summed E-state index contributed by atoms with van der Waals surface area (Å²) in [5.74, 6) is -1.92. The number of amides is 2. The van der Waals surface area contributed by atoms with Crippen molar-refractivity contribution in [3.05, 3.63) is 71.3 Å². The zero-order valence-electron chi connectivity index (χ0n) is 13.2. The summed E-state index contributed by atoms with van der Waals surface area (Å²) in [5, 5.41) is 2.46. The molecule has 0 spiro atoms. The Balaban J connectivity index is 1.94. The number of primary amides is 1. The van der Waals surface area contributed by atoms with Gasteiger partial charge in [-0.15, -0.1) is 0 Å². The largest absolute Gasteiger partial charge is 0.446 e. The Kier molecular flexibility index (Phi) is 5.68. The van der Waals surface area contributed by atoms with Gasteiger partial charge < -0.3 is 15.8 Å². The molecule has 0 aliphatic rings. The molecule has 0 heterocycles. The molecule has 2 rings (SSSR count). The lowest BCUT2D eigenvalue weighted by atomic mass is 10.1. The maximum Gasteiger partial charge on any atom is 0.326 e. The molecule has 0 fully saturated rings. The number of nitrogens with one attached hydrogen (secondary N) is 1. The summed E-state index contributed by atoms with van der Waals surface area (Å²) in [7, 11) is 0. The number of esters is 1. The van der Waals surface area contributed by atoms with E-state index in [4.69, 9.17) is 10.5 Å². The number of hydrogen-bond donors (Lipinski definition) is 2. The normalized spacial score (nSPS) is 11.4. The molecule has 0 aliphatic carbocycles. The van der Waals surface area contributed by atoms with Gasteiger partial charge in [0, 0.05) is 11.1 Å². The Hall–Kier alpha value is -3.15. The third kappa shape index (κ3) is 4.67. The van der Waals surface area contributed by atoms with Crippen LogP contribution in [-0.4, -0.2) is 24.3 Å². The van der Waals surface area contributed by atoms with E-state index >= 15 is 0 Å². The number of rotatable bonds is 6. The number of nitrogens with two attached hydrogens (primary N) is 1. The van der Waals surface area contributed by atoms with Crippen LogP contribution in [0.5, 0.6) is 0 Å². The number of aryl methyl sites for hydroxylation is 1. The monoisotopic (exact) mass is 326 g/mol. The van der Waals surface area contributed by atoms with E-state index in [0.717, 1.165) is 5.56 Å². The van der Waals surface area contributed by atoms with Gasteiger partial charge in [0.2, 0.25) is 6.10 Å². The maximum atomic E-state index is 12.0. The minimum Gasteiger partial charge on any atom is -0.446 e. The lowest BCUT2D eigenvalue weighted by Gasteiger charge is -2.15. The van der Waals surface area contributed by atoms with Gasteiger partial charge >= 0.3 is 5.97 Å². The van der Waals surface area contributed by atoms with Crippen molar-refractivity contribution in [2.24, 2.45) is 5.73 Å². The van der Waals surface area contributed by atoms with E-state index in [9.17, 15) is 14.4 Å². The molecular formula is C18H18N2O4. The fourth-order valence-corrected chi connectivity index (χ4v) is 2.13. The SMILES string of the molecule is Cc1cccc(C(=O)NCC(=O)OC(C(N)=O)c2ccccc2)c1. The summed E-state index contributed by atoms with van der Waals surface area (Å²) in [6.07, 6.45) is -1.19. The summed E-state index contributed by atoms with van der Waals surface area (Å²) < 4.78 is 5.08. The van der Waals surface area contributed by atoms with Crippen molar-refractivity contribution >= 4 is 17.8 Å². The molecule has 0 saturated carbocycles. The predicted molar refractivity (Wildman–Crippen MR) is 88.0 cm³/mol. The van der Waals surface area contributed by atoms with E-state index in [2.05, 4.69) is 5.32 Å². The Morgan fingerprint density at radius 3 is 2.42 bits per heavy atom. The van der Waals surface area contributed by atoms with E-state index in [-0.39, 0.29) is 6.54 Å². The second kappa shape index (κ2) is 7.92. The third-order valence-electron chi connectivity index (χ3n) is 3.28. The van der Waals surface area contributed by atoms with Crippen LogP contribution < -0.4 is 11.1 Å². The predicted octanol–water partition coefficient (Wildman–Crippen LogP) is 1.49. The van der Waals surface area contributed by atoms with Gasteiger partial charge in [-0.05, 0) is 19.1 Å². The van der Waals surface area contributed by atoms with Crippen molar-refractivity contribution in [2.75, 3.05) is 6.54 Å². The van der Waals surface area contributed by atoms with Crippen LogP contribution in [0.1, 0.15) is 27.6 Å². The Morgan fingerprint density at radius 1 is 1.08 bits per heavy atom. The molecular weight excluding hydrogens is 308 g/mol. The molecule has 24 heavy (non-hydrogen) atoms. The molecule has 0 radical (unpaired) electrons.